The number of hydrogen-bond acceptors (Lipinski definition) is 2. The van der Waals surface area contributed by atoms with E-state index in [1.165, 1.54) is 25.7 Å². The molecule has 1 fully saturated rings. The molecule has 18 heavy (non-hydrogen) atoms. The minimum atomic E-state index is -0.288. The highest BCUT2D eigenvalue weighted by atomic mass is 16.5. The van der Waals surface area contributed by atoms with Crippen molar-refractivity contribution in [2.24, 2.45) is 5.92 Å². The minimum Gasteiger partial charge on any atom is -0.369 e. The number of rotatable bonds is 7. The third kappa shape index (κ3) is 4.38. The zero-order chi connectivity index (χ0) is 13.8. The molecule has 0 spiro atoms. The molecule has 1 unspecified atom stereocenters. The fourth-order valence-electron chi connectivity index (χ4n) is 3.14. The zero-order valence-electron chi connectivity index (χ0n) is 12.8. The Morgan fingerprint density at radius 3 is 2.22 bits per heavy atom. The van der Waals surface area contributed by atoms with E-state index in [2.05, 4.69) is 34.6 Å². The molecule has 1 aliphatic heterocycles. The summed E-state index contributed by atoms with van der Waals surface area (Å²) in [6, 6.07) is 0. The predicted molar refractivity (Wildman–Crippen MR) is 75.7 cm³/mol. The molecule has 0 bridgehead atoms. The van der Waals surface area contributed by atoms with Gasteiger partial charge in [0.15, 0.2) is 0 Å². The second kappa shape index (κ2) is 6.18. The Bertz CT molecular complexity index is 279. The molecule has 0 aromatic carbocycles. The monoisotopic (exact) mass is 254 g/mol. The summed E-state index contributed by atoms with van der Waals surface area (Å²) >= 11 is 0. The van der Waals surface area contributed by atoms with Crippen LogP contribution in [0.2, 0.25) is 0 Å². The van der Waals surface area contributed by atoms with Crippen LogP contribution in [-0.4, -0.2) is 17.0 Å². The first-order valence-corrected chi connectivity index (χ1v) is 7.51. The SMILES string of the molecule is CCCCCCCC(=O)C1CC(C)(C)OC1(C)C. The van der Waals surface area contributed by atoms with E-state index in [9.17, 15) is 4.79 Å². The minimum absolute atomic E-state index is 0.0821. The Labute approximate surface area is 112 Å². The molecule has 1 saturated heterocycles. The van der Waals surface area contributed by atoms with Gasteiger partial charge in [-0.2, -0.15) is 0 Å². The summed E-state index contributed by atoms with van der Waals surface area (Å²) in [4.78, 5) is 12.3. The average molecular weight is 254 g/mol. The van der Waals surface area contributed by atoms with Crippen molar-refractivity contribution in [3.8, 4) is 0 Å². The molecule has 1 rings (SSSR count). The number of Topliss-reactive ketones (excluding diaryl/α,β-unsaturated/α-hetero) is 1. The van der Waals surface area contributed by atoms with Gasteiger partial charge < -0.3 is 4.74 Å². The van der Waals surface area contributed by atoms with Crippen molar-refractivity contribution in [2.45, 2.75) is 90.8 Å². The zero-order valence-corrected chi connectivity index (χ0v) is 12.8. The van der Waals surface area contributed by atoms with Crippen LogP contribution in [0.25, 0.3) is 0 Å². The van der Waals surface area contributed by atoms with Gasteiger partial charge in [0.25, 0.3) is 0 Å². The Hall–Kier alpha value is -0.370. The Morgan fingerprint density at radius 1 is 1.11 bits per heavy atom. The lowest BCUT2D eigenvalue weighted by Gasteiger charge is -2.26. The molecule has 0 radical (unpaired) electrons. The summed E-state index contributed by atoms with van der Waals surface area (Å²) in [6.07, 6.45) is 7.65. The van der Waals surface area contributed by atoms with Crippen LogP contribution in [0.1, 0.15) is 79.6 Å². The van der Waals surface area contributed by atoms with Gasteiger partial charge in [0.1, 0.15) is 5.78 Å². The molecule has 2 nitrogen and oxygen atoms in total. The van der Waals surface area contributed by atoms with Crippen molar-refractivity contribution >= 4 is 5.78 Å². The molecule has 0 aromatic rings. The van der Waals surface area contributed by atoms with Crippen molar-refractivity contribution in [1.82, 2.24) is 0 Å². The number of hydrogen-bond donors (Lipinski definition) is 0. The molecule has 1 atom stereocenters. The second-order valence-corrected chi connectivity index (χ2v) is 6.85. The van der Waals surface area contributed by atoms with E-state index < -0.39 is 0 Å². The van der Waals surface area contributed by atoms with Crippen LogP contribution in [0.15, 0.2) is 0 Å². The standard InChI is InChI=1S/C16H30O2/c1-6-7-8-9-10-11-14(17)13-12-15(2,3)18-16(13,4)5/h13H,6-12H2,1-5H3. The van der Waals surface area contributed by atoms with Gasteiger partial charge >= 0.3 is 0 Å². The number of carbonyl (C=O) groups is 1. The quantitative estimate of drug-likeness (QED) is 0.625. The molecule has 2 heteroatoms. The largest absolute Gasteiger partial charge is 0.369 e. The molecule has 0 amide bonds. The molecular weight excluding hydrogens is 224 g/mol. The highest BCUT2D eigenvalue weighted by molar-refractivity contribution is 5.82. The fourth-order valence-corrected chi connectivity index (χ4v) is 3.14. The Balaban J connectivity index is 2.38. The van der Waals surface area contributed by atoms with E-state index in [-0.39, 0.29) is 17.1 Å². The van der Waals surface area contributed by atoms with E-state index in [0.29, 0.717) is 5.78 Å². The van der Waals surface area contributed by atoms with Gasteiger partial charge in [-0.25, -0.2) is 0 Å². The first kappa shape index (κ1) is 15.7. The fraction of sp³-hybridized carbons (Fsp3) is 0.938. The third-order valence-corrected chi connectivity index (χ3v) is 3.99. The number of ketones is 1. The molecule has 106 valence electrons. The van der Waals surface area contributed by atoms with Crippen LogP contribution in [0, 0.1) is 5.92 Å². The maximum atomic E-state index is 12.3. The Morgan fingerprint density at radius 2 is 1.72 bits per heavy atom. The van der Waals surface area contributed by atoms with Crippen LogP contribution in [0.4, 0.5) is 0 Å². The van der Waals surface area contributed by atoms with E-state index in [1.807, 2.05) is 0 Å². The molecule has 1 aliphatic rings. The van der Waals surface area contributed by atoms with Gasteiger partial charge in [0, 0.05) is 12.3 Å². The van der Waals surface area contributed by atoms with Gasteiger partial charge in [-0.15, -0.1) is 0 Å². The van der Waals surface area contributed by atoms with Crippen LogP contribution < -0.4 is 0 Å². The number of unbranched alkanes of at least 4 members (excludes halogenated alkanes) is 4. The normalized spacial score (nSPS) is 25.3. The topological polar surface area (TPSA) is 26.3 Å². The smallest absolute Gasteiger partial charge is 0.138 e. The first-order chi connectivity index (χ1) is 8.28. The average Bonchev–Trinajstić information content (AvgIpc) is 2.46. The summed E-state index contributed by atoms with van der Waals surface area (Å²) < 4.78 is 5.99. The van der Waals surface area contributed by atoms with Gasteiger partial charge in [-0.3, -0.25) is 4.79 Å². The van der Waals surface area contributed by atoms with Crippen LogP contribution >= 0.6 is 0 Å². The molecule has 0 saturated carbocycles. The molecule has 1 heterocycles. The van der Waals surface area contributed by atoms with Gasteiger partial charge in [-0.1, -0.05) is 32.6 Å². The van der Waals surface area contributed by atoms with E-state index in [4.69, 9.17) is 4.74 Å². The number of carbonyl (C=O) groups excluding carboxylic acids is 1. The first-order valence-electron chi connectivity index (χ1n) is 7.51. The number of ether oxygens (including phenoxy) is 1. The van der Waals surface area contributed by atoms with Crippen LogP contribution in [0.5, 0.6) is 0 Å². The lowest BCUT2D eigenvalue weighted by Crippen LogP contribution is -2.33. The van der Waals surface area contributed by atoms with Crippen molar-refractivity contribution in [3.63, 3.8) is 0 Å². The van der Waals surface area contributed by atoms with Crippen LogP contribution in [-0.2, 0) is 9.53 Å². The third-order valence-electron chi connectivity index (χ3n) is 3.99. The van der Waals surface area contributed by atoms with Crippen LogP contribution in [0.3, 0.4) is 0 Å². The van der Waals surface area contributed by atoms with E-state index >= 15 is 0 Å². The molecule has 0 aromatic heterocycles. The summed E-state index contributed by atoms with van der Waals surface area (Å²) in [5.74, 6) is 0.487. The van der Waals surface area contributed by atoms with Gasteiger partial charge in [0.2, 0.25) is 0 Å². The highest BCUT2D eigenvalue weighted by Crippen LogP contribution is 2.42. The summed E-state index contributed by atoms with van der Waals surface area (Å²) in [6.45, 7) is 10.5. The predicted octanol–water partition coefficient (Wildman–Crippen LogP) is 4.51. The molecule has 0 N–H and O–H groups in total. The lowest BCUT2D eigenvalue weighted by molar-refractivity contribution is -0.129. The van der Waals surface area contributed by atoms with Crippen molar-refractivity contribution in [2.75, 3.05) is 0 Å². The summed E-state index contributed by atoms with van der Waals surface area (Å²) in [5.41, 5.74) is -0.434. The van der Waals surface area contributed by atoms with Crippen molar-refractivity contribution in [3.05, 3.63) is 0 Å². The maximum Gasteiger partial charge on any atom is 0.138 e. The summed E-state index contributed by atoms with van der Waals surface area (Å²) in [5, 5.41) is 0. The second-order valence-electron chi connectivity index (χ2n) is 6.85. The Kier molecular flexibility index (Phi) is 5.39. The van der Waals surface area contributed by atoms with E-state index in [0.717, 1.165) is 19.3 Å². The van der Waals surface area contributed by atoms with Gasteiger partial charge in [0.05, 0.1) is 11.2 Å². The summed E-state index contributed by atoms with van der Waals surface area (Å²) in [7, 11) is 0. The lowest BCUT2D eigenvalue weighted by atomic mass is 9.82. The van der Waals surface area contributed by atoms with Crippen molar-refractivity contribution in [1.29, 1.82) is 0 Å². The molecular formula is C16H30O2. The highest BCUT2D eigenvalue weighted by Gasteiger charge is 2.48. The van der Waals surface area contributed by atoms with Crippen molar-refractivity contribution < 1.29 is 9.53 Å². The van der Waals surface area contributed by atoms with E-state index in [1.54, 1.807) is 0 Å². The van der Waals surface area contributed by atoms with Gasteiger partial charge in [-0.05, 0) is 40.5 Å². The molecule has 0 aliphatic carbocycles. The maximum absolute atomic E-state index is 12.3.